The maximum absolute atomic E-state index is 9.91. The van der Waals surface area contributed by atoms with Gasteiger partial charge in [0.15, 0.2) is 5.96 Å². The minimum absolute atomic E-state index is 0.187. The van der Waals surface area contributed by atoms with Crippen molar-refractivity contribution in [2.45, 2.75) is 6.92 Å². The third-order valence-corrected chi connectivity index (χ3v) is 1.54. The number of carbonyl (C=O) groups is 1. The van der Waals surface area contributed by atoms with E-state index < -0.39 is 0 Å². The topological polar surface area (TPSA) is 81.5 Å². The Morgan fingerprint density at radius 1 is 1.27 bits per heavy atom. The summed E-state index contributed by atoms with van der Waals surface area (Å²) in [7, 11) is 0. The Kier molecular flexibility index (Phi) is 6.49. The van der Waals surface area contributed by atoms with E-state index in [1.54, 1.807) is 18.2 Å². The second-order valence-electron chi connectivity index (χ2n) is 2.50. The molecule has 0 aromatic heterocycles. The van der Waals surface area contributed by atoms with Crippen molar-refractivity contribution in [3.05, 3.63) is 34.3 Å². The lowest BCUT2D eigenvalue weighted by atomic mass is 10.4. The number of nitrogens with two attached hydrogens (primary N) is 2. The van der Waals surface area contributed by atoms with Crippen molar-refractivity contribution in [3.63, 3.8) is 0 Å². The molecule has 0 fully saturated rings. The second-order valence-corrected chi connectivity index (χ2v) is 3.37. The van der Waals surface area contributed by atoms with Gasteiger partial charge in [-0.3, -0.25) is 4.79 Å². The van der Waals surface area contributed by atoms with Crippen LogP contribution in [0.3, 0.4) is 0 Å². The summed E-state index contributed by atoms with van der Waals surface area (Å²) in [4.78, 5) is 13.0. The molecule has 1 aromatic rings. The van der Waals surface area contributed by atoms with E-state index in [1.807, 2.05) is 6.07 Å². The molecule has 0 aliphatic rings. The summed E-state index contributed by atoms with van der Waals surface area (Å²) in [5.41, 5.74) is 9.60. The molecule has 0 atom stereocenters. The van der Waals surface area contributed by atoms with Crippen molar-refractivity contribution >= 4 is 35.1 Å². The standard InChI is InChI=1S/C6H4Cl2.C3H7N3O/c7-5-2-1-3-6(8)4-5;1-2(7)6-3(4)5/h1-4H;1H3,(H4,4,5,6,7). The number of nitrogens with zero attached hydrogens (tertiary/aromatic N) is 1. The molecule has 82 valence electrons. The molecule has 15 heavy (non-hydrogen) atoms. The summed E-state index contributed by atoms with van der Waals surface area (Å²) in [5.74, 6) is -0.562. The predicted octanol–water partition coefficient (Wildman–Crippen LogP) is 1.80. The fourth-order valence-corrected chi connectivity index (χ4v) is 1.08. The highest BCUT2D eigenvalue weighted by Crippen LogP contribution is 2.13. The highest BCUT2D eigenvalue weighted by Gasteiger charge is 1.85. The second kappa shape index (κ2) is 7.09. The van der Waals surface area contributed by atoms with Gasteiger partial charge in [-0.15, -0.1) is 0 Å². The third-order valence-electron chi connectivity index (χ3n) is 1.07. The first-order valence-corrected chi connectivity index (χ1v) is 4.68. The highest BCUT2D eigenvalue weighted by molar-refractivity contribution is 6.34. The minimum atomic E-state index is -0.375. The summed E-state index contributed by atoms with van der Waals surface area (Å²) >= 11 is 11.1. The molecule has 0 saturated heterocycles. The van der Waals surface area contributed by atoms with E-state index in [0.717, 1.165) is 0 Å². The van der Waals surface area contributed by atoms with Crippen LogP contribution in [0.15, 0.2) is 29.3 Å². The first-order chi connectivity index (χ1) is 6.91. The van der Waals surface area contributed by atoms with Gasteiger partial charge in [-0.25, -0.2) is 0 Å². The summed E-state index contributed by atoms with van der Waals surface area (Å²) in [5, 5.41) is 1.36. The molecule has 0 aliphatic carbocycles. The van der Waals surface area contributed by atoms with Crippen molar-refractivity contribution < 1.29 is 4.79 Å². The number of amides is 1. The van der Waals surface area contributed by atoms with Crippen molar-refractivity contribution in [2.75, 3.05) is 0 Å². The number of aliphatic imine (C=N–C) groups is 1. The number of hydrogen-bond donors (Lipinski definition) is 2. The molecule has 0 radical (unpaired) electrons. The van der Waals surface area contributed by atoms with E-state index in [2.05, 4.69) is 4.99 Å². The SMILES string of the molecule is CC(=O)N=C(N)N.Clc1cccc(Cl)c1. The summed E-state index contributed by atoms with van der Waals surface area (Å²) in [6.45, 7) is 1.28. The van der Waals surface area contributed by atoms with Crippen molar-refractivity contribution in [1.82, 2.24) is 0 Å². The lowest BCUT2D eigenvalue weighted by molar-refractivity contribution is -0.115. The smallest absolute Gasteiger partial charge is 0.245 e. The van der Waals surface area contributed by atoms with Crippen LogP contribution in [0.4, 0.5) is 0 Å². The number of carbonyl (C=O) groups excluding carboxylic acids is 1. The van der Waals surface area contributed by atoms with Crippen molar-refractivity contribution in [3.8, 4) is 0 Å². The van der Waals surface area contributed by atoms with Crippen molar-refractivity contribution in [1.29, 1.82) is 0 Å². The van der Waals surface area contributed by atoms with Gasteiger partial charge in [0.25, 0.3) is 0 Å². The highest BCUT2D eigenvalue weighted by atomic mass is 35.5. The van der Waals surface area contributed by atoms with Gasteiger partial charge in [-0.2, -0.15) is 4.99 Å². The van der Waals surface area contributed by atoms with Gasteiger partial charge in [0, 0.05) is 17.0 Å². The van der Waals surface area contributed by atoms with Gasteiger partial charge >= 0.3 is 0 Å². The van der Waals surface area contributed by atoms with Gasteiger partial charge in [-0.05, 0) is 18.2 Å². The van der Waals surface area contributed by atoms with Crippen LogP contribution in [0.25, 0.3) is 0 Å². The monoisotopic (exact) mass is 247 g/mol. The number of guanidine groups is 1. The normalized spacial score (nSPS) is 8.47. The number of benzene rings is 1. The first kappa shape index (κ1) is 13.7. The predicted molar refractivity (Wildman–Crippen MR) is 63.0 cm³/mol. The number of hydrogen-bond acceptors (Lipinski definition) is 1. The fourth-order valence-electron chi connectivity index (χ4n) is 0.642. The zero-order valence-electron chi connectivity index (χ0n) is 8.08. The third kappa shape index (κ3) is 9.05. The van der Waals surface area contributed by atoms with Crippen LogP contribution < -0.4 is 11.5 Å². The lowest BCUT2D eigenvalue weighted by Crippen LogP contribution is -2.23. The maximum Gasteiger partial charge on any atom is 0.245 e. The Morgan fingerprint density at radius 3 is 1.87 bits per heavy atom. The zero-order valence-corrected chi connectivity index (χ0v) is 9.59. The molecule has 0 bridgehead atoms. The van der Waals surface area contributed by atoms with Gasteiger partial charge < -0.3 is 11.5 Å². The molecule has 6 heteroatoms. The van der Waals surface area contributed by atoms with Gasteiger partial charge in [0.1, 0.15) is 0 Å². The molecular formula is C9H11Cl2N3O. The molecule has 0 unspecified atom stereocenters. The Labute approximate surface area is 97.9 Å². The van der Waals surface area contributed by atoms with Crippen LogP contribution in [0.1, 0.15) is 6.92 Å². The van der Waals surface area contributed by atoms with E-state index in [9.17, 15) is 4.79 Å². The Balaban J connectivity index is 0.000000265. The average Bonchev–Trinajstić information content (AvgIpc) is 2.01. The summed E-state index contributed by atoms with van der Waals surface area (Å²) in [6, 6.07) is 7.08. The lowest BCUT2D eigenvalue weighted by Gasteiger charge is -1.86. The van der Waals surface area contributed by atoms with E-state index in [-0.39, 0.29) is 11.9 Å². The molecular weight excluding hydrogens is 237 g/mol. The van der Waals surface area contributed by atoms with Crippen LogP contribution in [-0.4, -0.2) is 11.9 Å². The molecule has 4 nitrogen and oxygen atoms in total. The molecule has 0 saturated carbocycles. The summed E-state index contributed by atoms with van der Waals surface area (Å²) < 4.78 is 0. The number of rotatable bonds is 0. The minimum Gasteiger partial charge on any atom is -0.370 e. The van der Waals surface area contributed by atoms with E-state index in [4.69, 9.17) is 34.7 Å². The van der Waals surface area contributed by atoms with Gasteiger partial charge in [-0.1, -0.05) is 29.3 Å². The van der Waals surface area contributed by atoms with Crippen LogP contribution >= 0.6 is 23.2 Å². The van der Waals surface area contributed by atoms with Crippen molar-refractivity contribution in [2.24, 2.45) is 16.5 Å². The Hall–Kier alpha value is -1.26. The molecule has 0 heterocycles. The summed E-state index contributed by atoms with van der Waals surface area (Å²) in [6.07, 6.45) is 0. The van der Waals surface area contributed by atoms with Crippen LogP contribution in [0.2, 0.25) is 10.0 Å². The Bertz CT molecular complexity index is 345. The van der Waals surface area contributed by atoms with E-state index in [1.165, 1.54) is 6.92 Å². The molecule has 0 aliphatic heterocycles. The fraction of sp³-hybridized carbons (Fsp3) is 0.111. The first-order valence-electron chi connectivity index (χ1n) is 3.93. The number of halogens is 2. The van der Waals surface area contributed by atoms with E-state index >= 15 is 0 Å². The Morgan fingerprint density at radius 2 is 1.73 bits per heavy atom. The van der Waals surface area contributed by atoms with Crippen LogP contribution in [0.5, 0.6) is 0 Å². The quantitative estimate of drug-likeness (QED) is 0.542. The largest absolute Gasteiger partial charge is 0.370 e. The van der Waals surface area contributed by atoms with Gasteiger partial charge in [0.2, 0.25) is 5.91 Å². The molecule has 1 rings (SSSR count). The van der Waals surface area contributed by atoms with Gasteiger partial charge in [0.05, 0.1) is 0 Å². The van der Waals surface area contributed by atoms with E-state index in [0.29, 0.717) is 10.0 Å². The maximum atomic E-state index is 9.91. The van der Waals surface area contributed by atoms with Crippen LogP contribution in [-0.2, 0) is 4.79 Å². The average molecular weight is 248 g/mol. The molecule has 0 spiro atoms. The van der Waals surface area contributed by atoms with Crippen LogP contribution in [0, 0.1) is 0 Å². The molecule has 4 N–H and O–H groups in total. The zero-order chi connectivity index (χ0) is 11.8. The molecule has 1 aromatic carbocycles. The molecule has 1 amide bonds.